The summed E-state index contributed by atoms with van der Waals surface area (Å²) in [6.07, 6.45) is -3.90. The molecule has 0 bridgehead atoms. The number of hydrogen-bond donors (Lipinski definition) is 0. The van der Waals surface area contributed by atoms with E-state index in [4.69, 9.17) is 0 Å². The Kier molecular flexibility index (Phi) is 6.27. The van der Waals surface area contributed by atoms with Crippen LogP contribution in [0.2, 0.25) is 0 Å². The Bertz CT molecular complexity index is 84.5. The molecule has 0 rings (SSSR count). The minimum absolute atomic E-state index is 0.155. The zero-order valence-electron chi connectivity index (χ0n) is 6.20. The quantitative estimate of drug-likeness (QED) is 0.426. The van der Waals surface area contributed by atoms with E-state index in [2.05, 4.69) is 0 Å². The molecule has 0 saturated heterocycles. The summed E-state index contributed by atoms with van der Waals surface area (Å²) < 4.78 is 46.5. The van der Waals surface area contributed by atoms with Gasteiger partial charge in [-0.25, -0.2) is 13.2 Å². The smallest absolute Gasteiger partial charge is 0.251 e. The van der Waals surface area contributed by atoms with Gasteiger partial charge in [0.15, 0.2) is 6.17 Å². The van der Waals surface area contributed by atoms with Gasteiger partial charge < -0.3 is 0 Å². The van der Waals surface area contributed by atoms with Crippen molar-refractivity contribution in [3.05, 3.63) is 0 Å². The van der Waals surface area contributed by atoms with Gasteiger partial charge in [-0.15, -0.1) is 0 Å². The second-order valence-electron chi connectivity index (χ2n) is 2.39. The van der Waals surface area contributed by atoms with Gasteiger partial charge >= 0.3 is 0 Å². The maximum atomic E-state index is 12.1. The first-order valence-electron chi connectivity index (χ1n) is 3.66. The molecule has 0 aromatic rings. The van der Waals surface area contributed by atoms with E-state index >= 15 is 0 Å². The van der Waals surface area contributed by atoms with Crippen molar-refractivity contribution in [1.82, 2.24) is 0 Å². The molecule has 0 fully saturated rings. The number of unbranched alkanes of at least 4 members (excludes halogenated alkanes) is 2. The molecular weight excluding hydrogens is 160 g/mol. The highest BCUT2D eigenvalue weighted by molar-refractivity contribution is 4.58. The van der Waals surface area contributed by atoms with E-state index < -0.39 is 19.3 Å². The highest BCUT2D eigenvalue weighted by atomic mass is 19.3. The Morgan fingerprint density at radius 3 is 2.00 bits per heavy atom. The molecule has 1 atom stereocenters. The van der Waals surface area contributed by atoms with E-state index in [9.17, 15) is 17.6 Å². The zero-order valence-corrected chi connectivity index (χ0v) is 6.20. The monoisotopic (exact) mass is 172 g/mol. The van der Waals surface area contributed by atoms with E-state index in [1.165, 1.54) is 0 Å². The van der Waals surface area contributed by atoms with Crippen molar-refractivity contribution >= 4 is 0 Å². The standard InChI is InChI=1S/C7H12F4/c8-5-3-1-2-4-6(9)7(10)11/h6-7H,1-5H2. The Balaban J connectivity index is 3.10. The van der Waals surface area contributed by atoms with Crippen LogP contribution in [0.1, 0.15) is 25.7 Å². The Labute approximate surface area is 63.6 Å². The van der Waals surface area contributed by atoms with Gasteiger partial charge in [0.1, 0.15) is 0 Å². The summed E-state index contributed by atoms with van der Waals surface area (Å²) in [4.78, 5) is 0. The predicted octanol–water partition coefficient (Wildman–Crippen LogP) is 3.12. The molecule has 0 N–H and O–H groups in total. The van der Waals surface area contributed by atoms with Crippen LogP contribution in [0.25, 0.3) is 0 Å². The van der Waals surface area contributed by atoms with E-state index in [0.29, 0.717) is 19.3 Å². The molecular formula is C7H12F4. The SMILES string of the molecule is FCCCCCC(F)C(F)F. The van der Waals surface area contributed by atoms with Gasteiger partial charge in [-0.05, 0) is 12.8 Å². The molecule has 68 valence electrons. The van der Waals surface area contributed by atoms with Crippen molar-refractivity contribution in [2.45, 2.75) is 38.3 Å². The first kappa shape index (κ1) is 10.7. The van der Waals surface area contributed by atoms with Crippen LogP contribution in [0.5, 0.6) is 0 Å². The van der Waals surface area contributed by atoms with Crippen molar-refractivity contribution in [2.24, 2.45) is 0 Å². The average molecular weight is 172 g/mol. The minimum atomic E-state index is -2.89. The minimum Gasteiger partial charge on any atom is -0.251 e. The van der Waals surface area contributed by atoms with Gasteiger partial charge in [-0.2, -0.15) is 0 Å². The van der Waals surface area contributed by atoms with Crippen LogP contribution in [0.15, 0.2) is 0 Å². The molecule has 0 saturated carbocycles. The average Bonchev–Trinajstić information content (AvgIpc) is 1.97. The largest absolute Gasteiger partial charge is 0.269 e. The Hall–Kier alpha value is -0.280. The first-order chi connectivity index (χ1) is 5.18. The van der Waals surface area contributed by atoms with Crippen LogP contribution in [-0.2, 0) is 0 Å². The van der Waals surface area contributed by atoms with Gasteiger partial charge in [-0.1, -0.05) is 12.8 Å². The number of halogens is 4. The summed E-state index contributed by atoms with van der Waals surface area (Å²) in [6.45, 7) is -0.453. The van der Waals surface area contributed by atoms with Gasteiger partial charge in [0.25, 0.3) is 6.43 Å². The van der Waals surface area contributed by atoms with Crippen LogP contribution in [0.4, 0.5) is 17.6 Å². The third-order valence-corrected chi connectivity index (χ3v) is 1.39. The van der Waals surface area contributed by atoms with E-state index in [0.717, 1.165) is 0 Å². The lowest BCUT2D eigenvalue weighted by molar-refractivity contribution is 0.0440. The lowest BCUT2D eigenvalue weighted by atomic mass is 10.1. The van der Waals surface area contributed by atoms with Gasteiger partial charge in [0, 0.05) is 0 Å². The molecule has 0 heterocycles. The number of hydrogen-bond acceptors (Lipinski definition) is 0. The lowest BCUT2D eigenvalue weighted by Crippen LogP contribution is -2.11. The fraction of sp³-hybridized carbons (Fsp3) is 1.00. The molecule has 0 spiro atoms. The fourth-order valence-corrected chi connectivity index (χ4v) is 0.737. The highest BCUT2D eigenvalue weighted by Gasteiger charge is 2.17. The normalized spacial score (nSPS) is 13.9. The van der Waals surface area contributed by atoms with E-state index in [-0.39, 0.29) is 6.42 Å². The van der Waals surface area contributed by atoms with Crippen LogP contribution in [0.3, 0.4) is 0 Å². The lowest BCUT2D eigenvalue weighted by Gasteiger charge is -2.04. The Morgan fingerprint density at radius 2 is 1.55 bits per heavy atom. The van der Waals surface area contributed by atoms with Crippen LogP contribution < -0.4 is 0 Å². The zero-order chi connectivity index (χ0) is 8.69. The second kappa shape index (κ2) is 6.43. The molecule has 0 amide bonds. The summed E-state index contributed by atoms with van der Waals surface area (Å²) in [7, 11) is 0. The summed E-state index contributed by atoms with van der Waals surface area (Å²) in [5, 5.41) is 0. The molecule has 1 unspecified atom stereocenters. The first-order valence-corrected chi connectivity index (χ1v) is 3.66. The second-order valence-corrected chi connectivity index (χ2v) is 2.39. The molecule has 0 aliphatic heterocycles. The van der Waals surface area contributed by atoms with Crippen molar-refractivity contribution < 1.29 is 17.6 Å². The Morgan fingerprint density at radius 1 is 0.909 bits per heavy atom. The molecule has 0 aromatic heterocycles. The molecule has 4 heteroatoms. The van der Waals surface area contributed by atoms with Crippen molar-refractivity contribution in [1.29, 1.82) is 0 Å². The molecule has 0 aliphatic carbocycles. The maximum absolute atomic E-state index is 12.1. The summed E-state index contributed by atoms with van der Waals surface area (Å²) in [5.41, 5.74) is 0. The molecule has 0 aromatic carbocycles. The summed E-state index contributed by atoms with van der Waals surface area (Å²) in [5.74, 6) is 0. The molecule has 0 radical (unpaired) electrons. The molecule has 11 heavy (non-hydrogen) atoms. The van der Waals surface area contributed by atoms with E-state index in [1.807, 2.05) is 0 Å². The molecule has 0 nitrogen and oxygen atoms in total. The number of alkyl halides is 4. The predicted molar refractivity (Wildman–Crippen MR) is 35.3 cm³/mol. The number of rotatable bonds is 6. The summed E-state index contributed by atoms with van der Waals surface area (Å²) >= 11 is 0. The van der Waals surface area contributed by atoms with Gasteiger partial charge in [-0.3, -0.25) is 4.39 Å². The fourth-order valence-electron chi connectivity index (χ4n) is 0.737. The summed E-state index contributed by atoms with van der Waals surface area (Å²) in [6, 6.07) is 0. The van der Waals surface area contributed by atoms with Crippen molar-refractivity contribution in [3.8, 4) is 0 Å². The topological polar surface area (TPSA) is 0 Å². The molecule has 0 aliphatic rings. The van der Waals surface area contributed by atoms with Crippen LogP contribution >= 0.6 is 0 Å². The van der Waals surface area contributed by atoms with Crippen LogP contribution in [0, 0.1) is 0 Å². The maximum Gasteiger partial charge on any atom is 0.269 e. The highest BCUT2D eigenvalue weighted by Crippen LogP contribution is 2.13. The van der Waals surface area contributed by atoms with Crippen molar-refractivity contribution in [2.75, 3.05) is 6.67 Å². The van der Waals surface area contributed by atoms with Crippen molar-refractivity contribution in [3.63, 3.8) is 0 Å². The van der Waals surface area contributed by atoms with E-state index in [1.54, 1.807) is 0 Å². The third-order valence-electron chi connectivity index (χ3n) is 1.39. The third kappa shape index (κ3) is 6.13. The van der Waals surface area contributed by atoms with Gasteiger partial charge in [0.05, 0.1) is 6.67 Å². The van der Waals surface area contributed by atoms with Gasteiger partial charge in [0.2, 0.25) is 0 Å². The van der Waals surface area contributed by atoms with Crippen LogP contribution in [-0.4, -0.2) is 19.3 Å².